The number of fused-ring (bicyclic) bond motifs is 1. The maximum absolute atomic E-state index is 12.3. The highest BCUT2D eigenvalue weighted by Crippen LogP contribution is 2.45. The Balaban J connectivity index is 2.16. The van der Waals surface area contributed by atoms with Gasteiger partial charge in [-0.25, -0.2) is 4.79 Å². The van der Waals surface area contributed by atoms with E-state index >= 15 is 0 Å². The summed E-state index contributed by atoms with van der Waals surface area (Å²) in [6, 6.07) is 1.04. The molecule has 0 aromatic heterocycles. The van der Waals surface area contributed by atoms with E-state index in [2.05, 4.69) is 19.6 Å². The van der Waals surface area contributed by atoms with Crippen LogP contribution in [-0.2, 0) is 23.7 Å². The van der Waals surface area contributed by atoms with Gasteiger partial charge in [0.2, 0.25) is 0 Å². The van der Waals surface area contributed by atoms with Crippen molar-refractivity contribution in [1.29, 1.82) is 0 Å². The van der Waals surface area contributed by atoms with Gasteiger partial charge in [0.1, 0.15) is 18.5 Å². The second-order valence-electron chi connectivity index (χ2n) is 8.31. The van der Waals surface area contributed by atoms with Crippen molar-refractivity contribution in [2.75, 3.05) is 33.7 Å². The summed E-state index contributed by atoms with van der Waals surface area (Å²) in [5.74, 6) is -0.799. The van der Waals surface area contributed by atoms with Crippen LogP contribution in [0.5, 0.6) is 0 Å². The van der Waals surface area contributed by atoms with Crippen LogP contribution in [-0.4, -0.2) is 75.8 Å². The first-order valence-corrected chi connectivity index (χ1v) is 13.0. The van der Waals surface area contributed by atoms with Gasteiger partial charge in [-0.1, -0.05) is 38.7 Å². The van der Waals surface area contributed by atoms with Gasteiger partial charge in [-0.2, -0.15) is 0 Å². The molecule has 0 aromatic carbocycles. The number of carbonyl (C=O) groups excluding carboxylic acids is 1. The van der Waals surface area contributed by atoms with Gasteiger partial charge in [0.05, 0.1) is 32.0 Å². The molecule has 2 N–H and O–H groups in total. The van der Waals surface area contributed by atoms with E-state index in [1.54, 1.807) is 6.08 Å². The maximum atomic E-state index is 12.3. The first-order chi connectivity index (χ1) is 12.6. The number of hydrogen-bond acceptors (Lipinski definition) is 7. The SMILES string of the molecule is COC(=O)C1=C[C@H](C)[C@@H](OCOCC[Si](C)(C)C)[C@H]2OC/C(=C\CO)[C@@]12O. The zero-order chi connectivity index (χ0) is 20.2. The van der Waals surface area contributed by atoms with E-state index in [1.165, 1.54) is 13.2 Å². The number of aliphatic hydroxyl groups excluding tert-OH is 1. The summed E-state index contributed by atoms with van der Waals surface area (Å²) in [5, 5.41) is 20.6. The Morgan fingerprint density at radius 2 is 2.15 bits per heavy atom. The molecule has 0 saturated carbocycles. The fraction of sp³-hybridized carbons (Fsp3) is 0.737. The topological polar surface area (TPSA) is 94.5 Å². The Morgan fingerprint density at radius 3 is 2.74 bits per heavy atom. The van der Waals surface area contributed by atoms with Crippen molar-refractivity contribution in [3.05, 3.63) is 23.3 Å². The molecule has 2 rings (SSSR count). The molecule has 1 heterocycles. The molecule has 0 bridgehead atoms. The fourth-order valence-corrected chi connectivity index (χ4v) is 4.23. The highest BCUT2D eigenvalue weighted by atomic mass is 28.3. The number of rotatable bonds is 8. The second kappa shape index (κ2) is 8.98. The van der Waals surface area contributed by atoms with E-state index in [-0.39, 0.29) is 31.5 Å². The molecule has 1 aliphatic heterocycles. The Kier molecular flexibility index (Phi) is 7.40. The van der Waals surface area contributed by atoms with Crippen molar-refractivity contribution in [2.24, 2.45) is 5.92 Å². The number of methoxy groups -OCH3 is 1. The lowest BCUT2D eigenvalue weighted by atomic mass is 9.72. The fourth-order valence-electron chi connectivity index (χ4n) is 3.47. The van der Waals surface area contributed by atoms with Gasteiger partial charge in [0.25, 0.3) is 0 Å². The Hall–Kier alpha value is -1.03. The minimum absolute atomic E-state index is 0.0931. The van der Waals surface area contributed by atoms with Gasteiger partial charge < -0.3 is 29.2 Å². The predicted molar refractivity (Wildman–Crippen MR) is 103 cm³/mol. The van der Waals surface area contributed by atoms with Gasteiger partial charge >= 0.3 is 5.97 Å². The van der Waals surface area contributed by atoms with Crippen LogP contribution in [0.1, 0.15) is 6.92 Å². The van der Waals surface area contributed by atoms with E-state index in [0.29, 0.717) is 12.2 Å². The molecule has 0 spiro atoms. The molecule has 1 saturated heterocycles. The number of aliphatic hydroxyl groups is 2. The third kappa shape index (κ3) is 4.88. The standard InChI is InChI=1S/C19H32O7Si/c1-13-10-15(18(21)23-2)19(22)14(6-7-20)11-25-17(19)16(13)26-12-24-8-9-27(3,4)5/h6,10,13,16-17,20,22H,7-9,11-12H2,1-5H3/b14-6+/t13-,16+,17+,19+/m0/s1. The van der Waals surface area contributed by atoms with Gasteiger partial charge in [-0.15, -0.1) is 0 Å². The molecule has 1 aliphatic carbocycles. The molecule has 4 atom stereocenters. The molecule has 154 valence electrons. The van der Waals surface area contributed by atoms with Crippen LogP contribution in [0.2, 0.25) is 25.7 Å². The van der Waals surface area contributed by atoms with Crippen molar-refractivity contribution in [3.8, 4) is 0 Å². The average Bonchev–Trinajstić information content (AvgIpc) is 2.92. The summed E-state index contributed by atoms with van der Waals surface area (Å²) in [7, 11) is 0.0950. The summed E-state index contributed by atoms with van der Waals surface area (Å²) < 4.78 is 22.2. The molecule has 7 nitrogen and oxygen atoms in total. The second-order valence-corrected chi connectivity index (χ2v) is 13.9. The minimum Gasteiger partial charge on any atom is -0.466 e. The Morgan fingerprint density at radius 1 is 1.44 bits per heavy atom. The van der Waals surface area contributed by atoms with E-state index in [9.17, 15) is 15.0 Å². The quantitative estimate of drug-likeness (QED) is 0.209. The molecule has 0 aromatic rings. The van der Waals surface area contributed by atoms with Gasteiger partial charge in [-0.05, 0) is 11.6 Å². The van der Waals surface area contributed by atoms with Crippen LogP contribution in [0.4, 0.5) is 0 Å². The summed E-state index contributed by atoms with van der Waals surface area (Å²) in [6.07, 6.45) is 1.87. The van der Waals surface area contributed by atoms with Crippen molar-refractivity contribution in [3.63, 3.8) is 0 Å². The third-order valence-electron chi connectivity index (χ3n) is 5.06. The van der Waals surface area contributed by atoms with Crippen molar-refractivity contribution in [1.82, 2.24) is 0 Å². The van der Waals surface area contributed by atoms with Crippen LogP contribution in [0.3, 0.4) is 0 Å². The van der Waals surface area contributed by atoms with Crippen LogP contribution < -0.4 is 0 Å². The molecule has 0 amide bonds. The predicted octanol–water partition coefficient (Wildman–Crippen LogP) is 1.48. The van der Waals surface area contributed by atoms with Crippen LogP contribution in [0, 0.1) is 5.92 Å². The summed E-state index contributed by atoms with van der Waals surface area (Å²) in [4.78, 5) is 12.3. The lowest BCUT2D eigenvalue weighted by Gasteiger charge is -2.41. The van der Waals surface area contributed by atoms with Crippen molar-refractivity contribution < 1.29 is 34.0 Å². The van der Waals surface area contributed by atoms with Crippen LogP contribution >= 0.6 is 0 Å². The summed E-state index contributed by atoms with van der Waals surface area (Å²) in [6.45, 7) is 9.30. The lowest BCUT2D eigenvalue weighted by Crippen LogP contribution is -2.56. The summed E-state index contributed by atoms with van der Waals surface area (Å²) in [5.41, 5.74) is -1.11. The zero-order valence-corrected chi connectivity index (χ0v) is 17.9. The largest absolute Gasteiger partial charge is 0.466 e. The van der Waals surface area contributed by atoms with Crippen LogP contribution in [0.25, 0.3) is 0 Å². The molecule has 27 heavy (non-hydrogen) atoms. The van der Waals surface area contributed by atoms with Crippen LogP contribution in [0.15, 0.2) is 23.3 Å². The number of hydrogen-bond donors (Lipinski definition) is 2. The Labute approximate surface area is 162 Å². The van der Waals surface area contributed by atoms with E-state index in [0.717, 1.165) is 6.04 Å². The first kappa shape index (κ1) is 22.3. The normalized spacial score (nSPS) is 32.3. The van der Waals surface area contributed by atoms with Gasteiger partial charge in [0.15, 0.2) is 0 Å². The van der Waals surface area contributed by atoms with E-state index < -0.39 is 31.9 Å². The zero-order valence-electron chi connectivity index (χ0n) is 16.9. The van der Waals surface area contributed by atoms with E-state index in [4.69, 9.17) is 18.9 Å². The molecule has 0 unspecified atom stereocenters. The molecule has 1 fully saturated rings. The minimum atomic E-state index is -1.68. The molecule has 0 radical (unpaired) electrons. The van der Waals surface area contributed by atoms with Crippen molar-refractivity contribution in [2.45, 2.75) is 50.4 Å². The molecule has 8 heteroatoms. The first-order valence-electron chi connectivity index (χ1n) is 9.29. The molecular weight excluding hydrogens is 368 g/mol. The number of esters is 1. The molecular formula is C19H32O7Si. The number of ether oxygens (including phenoxy) is 4. The lowest BCUT2D eigenvalue weighted by molar-refractivity contribution is -0.170. The molecule has 2 aliphatic rings. The smallest absolute Gasteiger partial charge is 0.336 e. The number of carbonyl (C=O) groups is 1. The maximum Gasteiger partial charge on any atom is 0.336 e. The average molecular weight is 401 g/mol. The third-order valence-corrected chi connectivity index (χ3v) is 6.76. The van der Waals surface area contributed by atoms with Gasteiger partial charge in [-0.3, -0.25) is 0 Å². The monoisotopic (exact) mass is 400 g/mol. The Bertz CT molecular complexity index is 595. The summed E-state index contributed by atoms with van der Waals surface area (Å²) >= 11 is 0. The highest BCUT2D eigenvalue weighted by molar-refractivity contribution is 6.76. The van der Waals surface area contributed by atoms with E-state index in [1.807, 2.05) is 6.92 Å². The highest BCUT2D eigenvalue weighted by Gasteiger charge is 2.58. The van der Waals surface area contributed by atoms with Gasteiger partial charge in [0, 0.05) is 20.6 Å². The van der Waals surface area contributed by atoms with Crippen molar-refractivity contribution >= 4 is 14.0 Å².